The average Bonchev–Trinajstić information content (AvgIpc) is 4.04. The highest BCUT2D eigenvalue weighted by atomic mass is 19.4. The number of amides is 4. The minimum atomic E-state index is -5.74. The highest BCUT2D eigenvalue weighted by molar-refractivity contribution is 5.79. The van der Waals surface area contributed by atoms with Gasteiger partial charge in [-0.15, -0.1) is 0 Å². The van der Waals surface area contributed by atoms with Gasteiger partial charge >= 0.3 is 49.1 Å². The van der Waals surface area contributed by atoms with Crippen LogP contribution in [-0.4, -0.2) is 169 Å². The molecular weight excluding hydrogens is 1100 g/mol. The summed E-state index contributed by atoms with van der Waals surface area (Å²) in [7, 11) is 0. The molecule has 4 fully saturated rings. The van der Waals surface area contributed by atoms with Crippen molar-refractivity contribution in [2.24, 2.45) is 10.8 Å². The second-order valence-electron chi connectivity index (χ2n) is 23.5. The smallest absolute Gasteiger partial charge is 0.434 e. The van der Waals surface area contributed by atoms with E-state index in [0.29, 0.717) is 70.5 Å². The molecular formula is C54H70F12N6O9. The monoisotopic (exact) mass is 1170 g/mol. The third-order valence-electron chi connectivity index (χ3n) is 15.1. The van der Waals surface area contributed by atoms with Crippen molar-refractivity contribution in [3.8, 4) is 0 Å². The number of ether oxygens (including phenoxy) is 4. The third kappa shape index (κ3) is 17.6. The highest BCUT2D eigenvalue weighted by Gasteiger charge is 2.61. The summed E-state index contributed by atoms with van der Waals surface area (Å²) in [6, 6.07) is 11.8. The van der Waals surface area contributed by atoms with Gasteiger partial charge in [0.25, 0.3) is 12.2 Å². The van der Waals surface area contributed by atoms with Crippen LogP contribution in [0.1, 0.15) is 118 Å². The molecule has 454 valence electrons. The Morgan fingerprint density at radius 2 is 0.963 bits per heavy atom. The minimum absolute atomic E-state index is 0.00969. The molecule has 0 bridgehead atoms. The zero-order valence-corrected chi connectivity index (χ0v) is 46.0. The summed E-state index contributed by atoms with van der Waals surface area (Å²) in [6.07, 6.45) is -28.9. The van der Waals surface area contributed by atoms with E-state index in [1.165, 1.54) is 5.56 Å². The van der Waals surface area contributed by atoms with E-state index in [4.69, 9.17) is 9.47 Å². The predicted molar refractivity (Wildman–Crippen MR) is 268 cm³/mol. The van der Waals surface area contributed by atoms with Crippen molar-refractivity contribution in [3.05, 3.63) is 69.8 Å². The van der Waals surface area contributed by atoms with Gasteiger partial charge < -0.3 is 43.9 Å². The fourth-order valence-corrected chi connectivity index (χ4v) is 10.8. The number of halogens is 12. The molecule has 6 heterocycles. The number of benzene rings is 2. The standard InChI is InChI=1S/C27H35F6N3O4.C15H19NO3.C12H16F6N2O2/c1-24(2,3)40-23(38)36-11-7-18-5-4-6-19(20(18)16-36)15-34-12-8-25(17-34)9-13-35(14-10-25)22(37)39-21(26(28,29)30)27(31,32)33;1-15(2,3)19-14(18)16-8-7-11-5-4-6-12(10-17)13(11)9-16;13-11(14,15)8(12(16,17)18)22-9(21)20-5-2-10(3-6-20)1-4-19-7-10/h4-6,21H,7-17H2,1-3H3;4-6,10H,7-9H2,1-3H3;8,19H,1-7H2. The molecule has 4 saturated heterocycles. The van der Waals surface area contributed by atoms with Gasteiger partial charge in [0.1, 0.15) is 17.5 Å². The van der Waals surface area contributed by atoms with Crippen LogP contribution in [0.5, 0.6) is 0 Å². The molecule has 0 radical (unpaired) electrons. The summed E-state index contributed by atoms with van der Waals surface area (Å²) in [5.74, 6) is 0. The Labute approximate surface area is 461 Å². The van der Waals surface area contributed by atoms with Crippen molar-refractivity contribution in [2.45, 2.75) is 161 Å². The number of hydrogen-bond acceptors (Lipinski definition) is 11. The van der Waals surface area contributed by atoms with Crippen LogP contribution in [0.25, 0.3) is 0 Å². The van der Waals surface area contributed by atoms with Crippen molar-refractivity contribution in [1.82, 2.24) is 29.8 Å². The van der Waals surface area contributed by atoms with Crippen LogP contribution in [0.3, 0.4) is 0 Å². The summed E-state index contributed by atoms with van der Waals surface area (Å²) in [6.45, 7) is 17.1. The lowest BCUT2D eigenvalue weighted by atomic mass is 9.78. The first kappa shape index (κ1) is 64.4. The van der Waals surface area contributed by atoms with Gasteiger partial charge in [0.2, 0.25) is 0 Å². The van der Waals surface area contributed by atoms with Crippen LogP contribution in [0.15, 0.2) is 36.4 Å². The first-order valence-electron chi connectivity index (χ1n) is 26.6. The summed E-state index contributed by atoms with van der Waals surface area (Å²) in [5.41, 5.74) is 4.86. The van der Waals surface area contributed by atoms with Crippen LogP contribution in [0.2, 0.25) is 0 Å². The van der Waals surface area contributed by atoms with Crippen LogP contribution in [-0.2, 0) is 51.4 Å². The lowest BCUT2D eigenvalue weighted by molar-refractivity contribution is -0.309. The Bertz CT molecular complexity index is 2490. The van der Waals surface area contributed by atoms with Crippen LogP contribution in [0, 0.1) is 10.8 Å². The number of nitrogens with one attached hydrogen (secondary N) is 1. The molecule has 0 aliphatic carbocycles. The Morgan fingerprint density at radius 3 is 1.38 bits per heavy atom. The fraction of sp³-hybridized carbons (Fsp3) is 0.685. The van der Waals surface area contributed by atoms with Gasteiger partial charge in [-0.05, 0) is 145 Å². The second-order valence-corrected chi connectivity index (χ2v) is 23.5. The van der Waals surface area contributed by atoms with Crippen molar-refractivity contribution in [2.75, 3.05) is 65.4 Å². The van der Waals surface area contributed by atoms with Gasteiger partial charge in [-0.25, -0.2) is 19.2 Å². The van der Waals surface area contributed by atoms with E-state index in [-0.39, 0.29) is 49.2 Å². The number of aldehydes is 1. The molecule has 0 aromatic heterocycles. The molecule has 0 saturated carbocycles. The van der Waals surface area contributed by atoms with E-state index in [1.54, 1.807) is 15.9 Å². The maximum atomic E-state index is 12.8. The van der Waals surface area contributed by atoms with E-state index < -0.39 is 60.3 Å². The second kappa shape index (κ2) is 25.0. The van der Waals surface area contributed by atoms with E-state index >= 15 is 0 Å². The van der Waals surface area contributed by atoms with Crippen LogP contribution in [0.4, 0.5) is 71.9 Å². The number of likely N-dealkylation sites (tertiary alicyclic amines) is 3. The number of carbonyl (C=O) groups is 5. The first-order chi connectivity index (χ1) is 37.4. The number of hydrogen-bond donors (Lipinski definition) is 1. The van der Waals surface area contributed by atoms with Gasteiger partial charge in [0.15, 0.2) is 0 Å². The molecule has 1 N–H and O–H groups in total. The van der Waals surface area contributed by atoms with Gasteiger partial charge in [-0.2, -0.15) is 52.7 Å². The fourth-order valence-electron chi connectivity index (χ4n) is 10.8. The van der Waals surface area contributed by atoms with Gasteiger partial charge in [0.05, 0.1) is 0 Å². The topological polar surface area (TPSA) is 150 Å². The van der Waals surface area contributed by atoms with E-state index in [2.05, 4.69) is 25.8 Å². The van der Waals surface area contributed by atoms with E-state index in [1.807, 2.05) is 65.8 Å². The molecule has 2 spiro atoms. The lowest BCUT2D eigenvalue weighted by Crippen LogP contribution is -2.50. The molecule has 2 aromatic carbocycles. The lowest BCUT2D eigenvalue weighted by Gasteiger charge is -2.39. The van der Waals surface area contributed by atoms with Crippen molar-refractivity contribution < 1.29 is 95.6 Å². The summed E-state index contributed by atoms with van der Waals surface area (Å²) >= 11 is 0. The Kier molecular flexibility index (Phi) is 19.9. The third-order valence-corrected chi connectivity index (χ3v) is 15.1. The van der Waals surface area contributed by atoms with Crippen molar-refractivity contribution in [1.29, 1.82) is 0 Å². The van der Waals surface area contributed by atoms with E-state index in [0.717, 1.165) is 83.7 Å². The number of alkyl halides is 12. The molecule has 4 amide bonds. The summed E-state index contributed by atoms with van der Waals surface area (Å²) < 4.78 is 169. The van der Waals surface area contributed by atoms with Gasteiger partial charge in [0, 0.05) is 77.6 Å². The number of carbonyl (C=O) groups excluding carboxylic acids is 5. The zero-order valence-electron chi connectivity index (χ0n) is 46.0. The maximum absolute atomic E-state index is 12.8. The first-order valence-corrected chi connectivity index (χ1v) is 26.6. The quantitative estimate of drug-likeness (QED) is 0.173. The molecule has 0 atom stereocenters. The molecule has 8 rings (SSSR count). The Hall–Kier alpha value is -5.73. The molecule has 6 aliphatic rings. The molecule has 6 aliphatic heterocycles. The van der Waals surface area contributed by atoms with Crippen LogP contribution >= 0.6 is 0 Å². The minimum Gasteiger partial charge on any atom is -0.444 e. The van der Waals surface area contributed by atoms with Gasteiger partial charge in [-0.1, -0.05) is 36.4 Å². The highest BCUT2D eigenvalue weighted by Crippen LogP contribution is 2.43. The average molecular weight is 1180 g/mol. The normalized spacial score (nSPS) is 19.5. The SMILES string of the molecule is CC(C)(C)OC(=O)N1CCc2cccc(C=O)c2C1.CC(C)(C)OC(=O)N1CCc2cccc(CN3CCC4(CCN(C(=O)OC(C(F)(F)F)C(F)(F)F)CC4)C3)c2C1.O=C(OC(C(F)(F)F)C(F)(F)F)N1CCC2(CCNC2)CC1. The Morgan fingerprint density at radius 1 is 0.543 bits per heavy atom. The van der Waals surface area contributed by atoms with Crippen LogP contribution < -0.4 is 5.32 Å². The summed E-state index contributed by atoms with van der Waals surface area (Å²) in [5, 5.41) is 3.17. The molecule has 2 aromatic rings. The number of rotatable bonds is 5. The van der Waals surface area contributed by atoms with Crippen molar-refractivity contribution >= 4 is 30.7 Å². The maximum Gasteiger partial charge on any atom is 0.434 e. The largest absolute Gasteiger partial charge is 0.444 e. The molecule has 27 heteroatoms. The Balaban J connectivity index is 0.000000216. The predicted octanol–water partition coefficient (Wildman–Crippen LogP) is 11.4. The molecule has 15 nitrogen and oxygen atoms in total. The van der Waals surface area contributed by atoms with Gasteiger partial charge in [-0.3, -0.25) is 9.69 Å². The number of fused-ring (bicyclic) bond motifs is 2. The van der Waals surface area contributed by atoms with E-state index in [9.17, 15) is 76.7 Å². The summed E-state index contributed by atoms with van der Waals surface area (Å²) in [4.78, 5) is 67.0. The number of piperidine rings is 2. The van der Waals surface area contributed by atoms with Crippen molar-refractivity contribution in [3.63, 3.8) is 0 Å². The number of nitrogens with zero attached hydrogens (tertiary/aromatic N) is 5. The zero-order chi connectivity index (χ0) is 60.1. The molecule has 81 heavy (non-hydrogen) atoms. The molecule has 0 unspecified atom stereocenters.